The van der Waals surface area contributed by atoms with E-state index in [1.54, 1.807) is 18.6 Å². The summed E-state index contributed by atoms with van der Waals surface area (Å²) in [5, 5.41) is 18.9. The van der Waals surface area contributed by atoms with E-state index in [2.05, 4.69) is 0 Å². The first kappa shape index (κ1) is 16.3. The van der Waals surface area contributed by atoms with Gasteiger partial charge in [-0.3, -0.25) is 9.59 Å². The summed E-state index contributed by atoms with van der Waals surface area (Å²) in [6.45, 7) is 4.15. The molecule has 1 aliphatic carbocycles. The summed E-state index contributed by atoms with van der Waals surface area (Å²) in [7, 11) is 0. The van der Waals surface area contributed by atoms with Crippen molar-refractivity contribution in [1.29, 1.82) is 0 Å². The number of nitrogens with zero attached hydrogens (tertiary/aromatic N) is 1. The van der Waals surface area contributed by atoms with Crippen LogP contribution in [0.25, 0.3) is 0 Å². The topological polar surface area (TPSA) is 104 Å². The number of carboxylic acids is 1. The van der Waals surface area contributed by atoms with Crippen LogP contribution in [0.1, 0.15) is 26.2 Å². The Bertz CT molecular complexity index is 431. The third kappa shape index (κ3) is 3.08. The maximum atomic E-state index is 11.6. The fourth-order valence-electron chi connectivity index (χ4n) is 4.14. The Morgan fingerprint density at radius 2 is 2.10 bits per heavy atom. The Balaban J connectivity index is 2.10. The van der Waals surface area contributed by atoms with Gasteiger partial charge in [0.15, 0.2) is 0 Å². The molecule has 4 atom stereocenters. The van der Waals surface area contributed by atoms with Crippen molar-refractivity contribution in [2.45, 2.75) is 44.9 Å². The monoisotopic (exact) mass is 296 g/mol. The molecule has 2 aliphatic rings. The highest BCUT2D eigenvalue weighted by Crippen LogP contribution is 2.49. The van der Waals surface area contributed by atoms with Gasteiger partial charge in [-0.25, -0.2) is 0 Å². The number of likely N-dealkylation sites (tertiary alicyclic amines) is 1. The van der Waals surface area contributed by atoms with Crippen LogP contribution in [0.3, 0.4) is 0 Å². The third-order valence-corrected chi connectivity index (χ3v) is 5.25. The van der Waals surface area contributed by atoms with Crippen LogP contribution < -0.4 is 5.73 Å². The van der Waals surface area contributed by atoms with Crippen molar-refractivity contribution in [2.75, 3.05) is 13.1 Å². The van der Waals surface area contributed by atoms with Crippen LogP contribution in [0.4, 0.5) is 0 Å². The molecule has 0 aromatic rings. The SMILES string of the molecule is CB(O)CCCC1C2CN(C(C)=O)CC2CC1(N)C(=O)O. The van der Waals surface area contributed by atoms with Crippen molar-refractivity contribution >= 4 is 18.8 Å². The lowest BCUT2D eigenvalue weighted by Gasteiger charge is -2.31. The molecule has 2 fully saturated rings. The zero-order valence-electron chi connectivity index (χ0n) is 12.8. The number of aliphatic carboxylic acids is 1. The smallest absolute Gasteiger partial charge is 0.323 e. The van der Waals surface area contributed by atoms with E-state index in [1.807, 2.05) is 0 Å². The molecule has 6 nitrogen and oxygen atoms in total. The van der Waals surface area contributed by atoms with E-state index < -0.39 is 11.5 Å². The predicted octanol–water partition coefficient (Wildman–Crippen LogP) is 0.277. The number of fused-ring (bicyclic) bond motifs is 1. The number of carbonyl (C=O) groups excluding carboxylic acids is 1. The molecule has 21 heavy (non-hydrogen) atoms. The number of hydrogen-bond donors (Lipinski definition) is 3. The molecule has 0 aromatic carbocycles. The third-order valence-electron chi connectivity index (χ3n) is 5.25. The number of carboxylic acid groups (broad SMARTS) is 1. The van der Waals surface area contributed by atoms with Gasteiger partial charge in [-0.05, 0) is 36.9 Å². The molecule has 4 unspecified atom stereocenters. The van der Waals surface area contributed by atoms with Gasteiger partial charge in [0.25, 0.3) is 6.92 Å². The summed E-state index contributed by atoms with van der Waals surface area (Å²) < 4.78 is 0. The van der Waals surface area contributed by atoms with Gasteiger partial charge in [0, 0.05) is 20.0 Å². The molecule has 118 valence electrons. The van der Waals surface area contributed by atoms with Crippen LogP contribution in [0.2, 0.25) is 13.1 Å². The normalized spacial score (nSPS) is 34.9. The second kappa shape index (κ2) is 5.97. The van der Waals surface area contributed by atoms with Crippen molar-refractivity contribution in [3.8, 4) is 0 Å². The molecular weight excluding hydrogens is 271 g/mol. The minimum Gasteiger partial charge on any atom is -0.480 e. The van der Waals surface area contributed by atoms with Gasteiger partial charge in [-0.15, -0.1) is 0 Å². The number of rotatable bonds is 5. The molecule has 2 rings (SSSR count). The van der Waals surface area contributed by atoms with Crippen molar-refractivity contribution in [2.24, 2.45) is 23.5 Å². The lowest BCUT2D eigenvalue weighted by atomic mass is 9.65. The highest BCUT2D eigenvalue weighted by Gasteiger charge is 2.58. The fourth-order valence-corrected chi connectivity index (χ4v) is 4.14. The standard InChI is InChI=1S/C14H25BN2O4/c1-9(18)17-7-10-6-14(16,13(19)20)12(11(10)8-17)4-3-5-15(2)21/h10-12,21H,3-8,16H2,1-2H3,(H,19,20). The predicted molar refractivity (Wildman–Crippen MR) is 79.8 cm³/mol. The van der Waals surface area contributed by atoms with Crippen LogP contribution in [-0.4, -0.2) is 52.5 Å². The summed E-state index contributed by atoms with van der Waals surface area (Å²) in [4.78, 5) is 25.0. The van der Waals surface area contributed by atoms with Crippen LogP contribution in [-0.2, 0) is 9.59 Å². The zero-order valence-corrected chi connectivity index (χ0v) is 12.8. The number of nitrogens with two attached hydrogens (primary N) is 1. The molecule has 0 aromatic heterocycles. The Hall–Kier alpha value is -1.08. The molecule has 1 heterocycles. The van der Waals surface area contributed by atoms with E-state index in [4.69, 9.17) is 5.73 Å². The summed E-state index contributed by atoms with van der Waals surface area (Å²) >= 11 is 0. The van der Waals surface area contributed by atoms with Gasteiger partial charge >= 0.3 is 5.97 Å². The van der Waals surface area contributed by atoms with Crippen molar-refractivity contribution in [3.63, 3.8) is 0 Å². The Morgan fingerprint density at radius 1 is 1.43 bits per heavy atom. The van der Waals surface area contributed by atoms with Gasteiger partial charge in [-0.1, -0.05) is 13.2 Å². The van der Waals surface area contributed by atoms with E-state index in [0.717, 1.165) is 6.42 Å². The van der Waals surface area contributed by atoms with Crippen molar-refractivity contribution in [3.05, 3.63) is 0 Å². The largest absolute Gasteiger partial charge is 0.480 e. The number of amides is 1. The molecule has 0 radical (unpaired) electrons. The van der Waals surface area contributed by atoms with E-state index in [9.17, 15) is 19.7 Å². The van der Waals surface area contributed by atoms with Gasteiger partial charge in [0.2, 0.25) is 5.91 Å². The minimum atomic E-state index is -1.18. The summed E-state index contributed by atoms with van der Waals surface area (Å²) in [5.74, 6) is -0.656. The molecule has 4 N–H and O–H groups in total. The zero-order chi connectivity index (χ0) is 15.8. The maximum absolute atomic E-state index is 11.6. The molecule has 0 bridgehead atoms. The van der Waals surface area contributed by atoms with Crippen LogP contribution in [0.15, 0.2) is 0 Å². The lowest BCUT2D eigenvalue weighted by molar-refractivity contribution is -0.145. The van der Waals surface area contributed by atoms with E-state index in [1.165, 1.54) is 0 Å². The quantitative estimate of drug-likeness (QED) is 0.632. The first-order chi connectivity index (χ1) is 9.75. The van der Waals surface area contributed by atoms with Crippen molar-refractivity contribution < 1.29 is 19.7 Å². The number of hydrogen-bond acceptors (Lipinski definition) is 4. The average Bonchev–Trinajstić information content (AvgIpc) is 2.87. The summed E-state index contributed by atoms with van der Waals surface area (Å²) in [6, 6.07) is 0. The molecular formula is C14H25BN2O4. The molecule has 1 saturated carbocycles. The van der Waals surface area contributed by atoms with Gasteiger partial charge in [0.05, 0.1) is 0 Å². The van der Waals surface area contributed by atoms with E-state index in [0.29, 0.717) is 32.3 Å². The van der Waals surface area contributed by atoms with E-state index >= 15 is 0 Å². The molecule has 0 spiro atoms. The van der Waals surface area contributed by atoms with Gasteiger partial charge in [-0.2, -0.15) is 0 Å². The van der Waals surface area contributed by atoms with Gasteiger partial charge < -0.3 is 20.8 Å². The maximum Gasteiger partial charge on any atom is 0.323 e. The Labute approximate surface area is 125 Å². The van der Waals surface area contributed by atoms with Gasteiger partial charge in [0.1, 0.15) is 5.54 Å². The Morgan fingerprint density at radius 3 is 2.62 bits per heavy atom. The van der Waals surface area contributed by atoms with E-state index in [-0.39, 0.29) is 30.6 Å². The van der Waals surface area contributed by atoms with Crippen LogP contribution >= 0.6 is 0 Å². The van der Waals surface area contributed by atoms with Crippen molar-refractivity contribution in [1.82, 2.24) is 4.90 Å². The first-order valence-corrected chi connectivity index (χ1v) is 7.71. The minimum absolute atomic E-state index is 0.0464. The molecule has 1 saturated heterocycles. The highest BCUT2D eigenvalue weighted by atomic mass is 16.4. The average molecular weight is 296 g/mol. The highest BCUT2D eigenvalue weighted by molar-refractivity contribution is 6.48. The first-order valence-electron chi connectivity index (χ1n) is 7.71. The summed E-state index contributed by atoms with van der Waals surface area (Å²) in [5.41, 5.74) is 5.03. The number of carbonyl (C=O) groups is 2. The molecule has 1 amide bonds. The molecule has 1 aliphatic heterocycles. The summed E-state index contributed by atoms with van der Waals surface area (Å²) in [6.07, 6.45) is 2.55. The van der Waals surface area contributed by atoms with Crippen LogP contribution in [0.5, 0.6) is 0 Å². The second-order valence-corrected chi connectivity index (χ2v) is 6.78. The Kier molecular flexibility index (Phi) is 4.63. The second-order valence-electron chi connectivity index (χ2n) is 6.78. The van der Waals surface area contributed by atoms with Crippen LogP contribution in [0, 0.1) is 17.8 Å². The lowest BCUT2D eigenvalue weighted by Crippen LogP contribution is -2.53. The molecule has 7 heteroatoms. The fraction of sp³-hybridized carbons (Fsp3) is 0.857.